The fraction of sp³-hybridized carbons (Fsp3) is 0.700. The summed E-state index contributed by atoms with van der Waals surface area (Å²) in [5.74, 6) is 0.763. The second-order valence-corrected chi connectivity index (χ2v) is 4.39. The van der Waals surface area contributed by atoms with Gasteiger partial charge in [0.2, 0.25) is 0 Å². The van der Waals surface area contributed by atoms with Crippen molar-refractivity contribution in [2.75, 3.05) is 0 Å². The first-order valence-electron chi connectivity index (χ1n) is 5.04. The van der Waals surface area contributed by atoms with Gasteiger partial charge in [0, 0.05) is 24.4 Å². The fourth-order valence-corrected chi connectivity index (χ4v) is 2.78. The summed E-state index contributed by atoms with van der Waals surface area (Å²) in [4.78, 5) is 4.31. The summed E-state index contributed by atoms with van der Waals surface area (Å²) in [6.45, 7) is 3.19. The van der Waals surface area contributed by atoms with Gasteiger partial charge in [0.25, 0.3) is 0 Å². The molecule has 3 heteroatoms. The fourth-order valence-electron chi connectivity index (χ4n) is 2.23. The normalized spacial score (nSPS) is 18.3. The van der Waals surface area contributed by atoms with Crippen molar-refractivity contribution in [1.82, 2.24) is 9.55 Å². The van der Waals surface area contributed by atoms with E-state index >= 15 is 0 Å². The number of nitrogens with zero attached hydrogens (tertiary/aromatic N) is 2. The van der Waals surface area contributed by atoms with Gasteiger partial charge in [-0.3, -0.25) is 0 Å². The largest absolute Gasteiger partial charge is 0.323 e. The van der Waals surface area contributed by atoms with Crippen molar-refractivity contribution < 1.29 is 0 Å². The molecule has 1 aromatic rings. The average Bonchev–Trinajstić information content (AvgIpc) is 2.71. The third-order valence-electron chi connectivity index (χ3n) is 2.93. The Kier molecular flexibility index (Phi) is 2.72. The molecule has 1 aromatic heterocycles. The van der Waals surface area contributed by atoms with Crippen LogP contribution >= 0.6 is 15.9 Å². The van der Waals surface area contributed by atoms with Crippen molar-refractivity contribution in [1.29, 1.82) is 0 Å². The number of hydrogen-bond acceptors (Lipinski definition) is 1. The molecule has 2 nitrogen and oxygen atoms in total. The molecule has 0 bridgehead atoms. The van der Waals surface area contributed by atoms with E-state index in [1.54, 1.807) is 0 Å². The molecule has 1 heterocycles. The van der Waals surface area contributed by atoms with Crippen LogP contribution in [0.3, 0.4) is 0 Å². The number of hydrogen-bond donors (Lipinski definition) is 0. The van der Waals surface area contributed by atoms with Crippen molar-refractivity contribution in [3.63, 3.8) is 0 Å². The summed E-state index contributed by atoms with van der Waals surface area (Å²) >= 11 is 3.48. The van der Waals surface area contributed by atoms with E-state index in [0.717, 1.165) is 17.2 Å². The molecule has 0 amide bonds. The molecule has 1 aliphatic rings. The maximum absolute atomic E-state index is 4.31. The highest BCUT2D eigenvalue weighted by atomic mass is 79.9. The van der Waals surface area contributed by atoms with Gasteiger partial charge in [-0.15, -0.1) is 0 Å². The maximum atomic E-state index is 4.31. The predicted octanol–water partition coefficient (Wildman–Crippen LogP) is 3.32. The van der Waals surface area contributed by atoms with E-state index in [9.17, 15) is 0 Å². The molecule has 0 radical (unpaired) electrons. The number of imidazole rings is 1. The van der Waals surface area contributed by atoms with E-state index in [0.29, 0.717) is 0 Å². The van der Waals surface area contributed by atoms with E-state index in [2.05, 4.69) is 32.4 Å². The third kappa shape index (κ3) is 1.66. The molecule has 0 spiro atoms. The molecule has 0 N–H and O–H groups in total. The second kappa shape index (κ2) is 3.82. The summed E-state index contributed by atoms with van der Waals surface area (Å²) in [5.41, 5.74) is 1.42. The lowest BCUT2D eigenvalue weighted by Gasteiger charge is -2.11. The van der Waals surface area contributed by atoms with Gasteiger partial charge in [-0.25, -0.2) is 4.98 Å². The highest BCUT2D eigenvalue weighted by molar-refractivity contribution is 9.10. The molecule has 0 aromatic carbocycles. The van der Waals surface area contributed by atoms with Crippen molar-refractivity contribution >= 4 is 15.9 Å². The number of aromatic nitrogens is 2. The minimum atomic E-state index is 0.763. The first-order chi connectivity index (χ1) is 6.33. The molecule has 13 heavy (non-hydrogen) atoms. The standard InChI is InChI=1S/C10H15BrN2/c1-2-13-9(7-12-10(13)11)8-5-3-4-6-8/h7-8H,2-6H2,1H3. The Morgan fingerprint density at radius 3 is 2.85 bits per heavy atom. The van der Waals surface area contributed by atoms with Crippen LogP contribution in [-0.4, -0.2) is 9.55 Å². The minimum Gasteiger partial charge on any atom is -0.323 e. The third-order valence-corrected chi connectivity index (χ3v) is 3.56. The molecule has 0 atom stereocenters. The summed E-state index contributed by atoms with van der Waals surface area (Å²) in [6.07, 6.45) is 7.49. The van der Waals surface area contributed by atoms with Crippen molar-refractivity contribution in [2.24, 2.45) is 0 Å². The monoisotopic (exact) mass is 242 g/mol. The topological polar surface area (TPSA) is 17.8 Å². The lowest BCUT2D eigenvalue weighted by Crippen LogP contribution is -2.04. The Labute approximate surface area is 87.5 Å². The molecule has 0 unspecified atom stereocenters. The molecule has 1 saturated carbocycles. The van der Waals surface area contributed by atoms with E-state index in [1.807, 2.05) is 6.20 Å². The number of halogens is 1. The van der Waals surface area contributed by atoms with Crippen LogP contribution in [0.25, 0.3) is 0 Å². The van der Waals surface area contributed by atoms with Gasteiger partial charge in [-0.1, -0.05) is 12.8 Å². The molecular weight excluding hydrogens is 228 g/mol. The summed E-state index contributed by atoms with van der Waals surface area (Å²) < 4.78 is 3.26. The van der Waals surface area contributed by atoms with Gasteiger partial charge in [-0.05, 0) is 35.7 Å². The van der Waals surface area contributed by atoms with Crippen molar-refractivity contribution in [2.45, 2.75) is 45.1 Å². The molecule has 1 fully saturated rings. The Morgan fingerprint density at radius 1 is 1.54 bits per heavy atom. The molecular formula is C10H15BrN2. The van der Waals surface area contributed by atoms with Crippen LogP contribution in [0.2, 0.25) is 0 Å². The molecule has 0 aliphatic heterocycles. The van der Waals surface area contributed by atoms with Gasteiger partial charge < -0.3 is 4.57 Å². The van der Waals surface area contributed by atoms with Gasteiger partial charge in [-0.2, -0.15) is 0 Å². The Bertz CT molecular complexity index is 287. The zero-order valence-corrected chi connectivity index (χ0v) is 9.55. The van der Waals surface area contributed by atoms with Crippen LogP contribution in [0.1, 0.15) is 44.2 Å². The Balaban J connectivity index is 2.27. The van der Waals surface area contributed by atoms with Crippen LogP contribution in [0.4, 0.5) is 0 Å². The molecule has 0 saturated heterocycles. The van der Waals surface area contributed by atoms with Gasteiger partial charge in [0.15, 0.2) is 4.73 Å². The maximum Gasteiger partial charge on any atom is 0.177 e. The van der Waals surface area contributed by atoms with Gasteiger partial charge >= 0.3 is 0 Å². The Morgan fingerprint density at radius 2 is 2.23 bits per heavy atom. The Hall–Kier alpha value is -0.310. The lowest BCUT2D eigenvalue weighted by molar-refractivity contribution is 0.612. The van der Waals surface area contributed by atoms with E-state index < -0.39 is 0 Å². The van der Waals surface area contributed by atoms with Crippen LogP contribution in [0.5, 0.6) is 0 Å². The lowest BCUT2D eigenvalue weighted by atomic mass is 10.1. The van der Waals surface area contributed by atoms with Gasteiger partial charge in [0.1, 0.15) is 0 Å². The van der Waals surface area contributed by atoms with Crippen molar-refractivity contribution in [3.05, 3.63) is 16.6 Å². The van der Waals surface area contributed by atoms with Crippen LogP contribution in [0, 0.1) is 0 Å². The zero-order chi connectivity index (χ0) is 9.26. The highest BCUT2D eigenvalue weighted by Crippen LogP contribution is 2.34. The minimum absolute atomic E-state index is 0.763. The van der Waals surface area contributed by atoms with Crippen LogP contribution in [-0.2, 0) is 6.54 Å². The smallest absolute Gasteiger partial charge is 0.177 e. The molecule has 72 valence electrons. The van der Waals surface area contributed by atoms with E-state index in [-0.39, 0.29) is 0 Å². The van der Waals surface area contributed by atoms with Crippen LogP contribution in [0.15, 0.2) is 10.9 Å². The molecule has 2 rings (SSSR count). The first-order valence-corrected chi connectivity index (χ1v) is 5.83. The summed E-state index contributed by atoms with van der Waals surface area (Å²) in [6, 6.07) is 0. The number of rotatable bonds is 2. The highest BCUT2D eigenvalue weighted by Gasteiger charge is 2.21. The SMILES string of the molecule is CCn1c(C2CCCC2)cnc1Br. The van der Waals surface area contributed by atoms with E-state index in [1.165, 1.54) is 31.4 Å². The summed E-state index contributed by atoms with van der Waals surface area (Å²) in [7, 11) is 0. The summed E-state index contributed by atoms with van der Waals surface area (Å²) in [5, 5.41) is 0. The first kappa shape index (κ1) is 9.25. The van der Waals surface area contributed by atoms with Crippen LogP contribution < -0.4 is 0 Å². The van der Waals surface area contributed by atoms with E-state index in [4.69, 9.17) is 0 Å². The predicted molar refractivity (Wildman–Crippen MR) is 56.8 cm³/mol. The quantitative estimate of drug-likeness (QED) is 0.779. The average molecular weight is 243 g/mol. The second-order valence-electron chi connectivity index (χ2n) is 3.68. The van der Waals surface area contributed by atoms with Crippen molar-refractivity contribution in [3.8, 4) is 0 Å². The molecule has 1 aliphatic carbocycles. The zero-order valence-electron chi connectivity index (χ0n) is 7.96. The van der Waals surface area contributed by atoms with Gasteiger partial charge in [0.05, 0.1) is 0 Å².